The van der Waals surface area contributed by atoms with Crippen LogP contribution in [0.15, 0.2) is 16.9 Å². The van der Waals surface area contributed by atoms with E-state index in [0.717, 1.165) is 50.5 Å². The summed E-state index contributed by atoms with van der Waals surface area (Å²) < 4.78 is 13.1. The highest BCUT2D eigenvalue weighted by molar-refractivity contribution is 5.24. The van der Waals surface area contributed by atoms with Crippen LogP contribution in [0.5, 0.6) is 0 Å². The second-order valence-corrected chi connectivity index (χ2v) is 6.01. The summed E-state index contributed by atoms with van der Waals surface area (Å²) in [7, 11) is 0. The number of fused-ring (bicyclic) bond motifs is 1. The molecule has 2 aromatic rings. The molecule has 0 spiro atoms. The molecule has 1 atom stereocenters. The molecule has 1 saturated heterocycles. The highest BCUT2D eigenvalue weighted by Gasteiger charge is 2.27. The van der Waals surface area contributed by atoms with Crippen molar-refractivity contribution in [3.05, 3.63) is 35.0 Å². The Kier molecular flexibility index (Phi) is 3.27. The lowest BCUT2D eigenvalue weighted by Crippen LogP contribution is -2.22. The van der Waals surface area contributed by atoms with E-state index in [1.807, 2.05) is 6.20 Å². The molecule has 21 heavy (non-hydrogen) atoms. The summed E-state index contributed by atoms with van der Waals surface area (Å²) in [5, 5.41) is 8.68. The molecule has 4 rings (SSSR count). The maximum atomic E-state index is 5.52. The molecule has 6 heteroatoms. The lowest BCUT2D eigenvalue weighted by molar-refractivity contribution is 0.102. The van der Waals surface area contributed by atoms with Crippen molar-refractivity contribution in [1.29, 1.82) is 0 Å². The maximum Gasteiger partial charge on any atom is 0.144 e. The average molecular weight is 288 g/mol. The van der Waals surface area contributed by atoms with Gasteiger partial charge in [0, 0.05) is 37.8 Å². The van der Waals surface area contributed by atoms with E-state index in [0.29, 0.717) is 12.6 Å². The largest absolute Gasteiger partial charge is 0.376 e. The molecular formula is C15H20N4O2. The Hall–Kier alpha value is -1.66. The second-order valence-electron chi connectivity index (χ2n) is 6.01. The lowest BCUT2D eigenvalue weighted by Gasteiger charge is -2.16. The molecule has 0 aliphatic carbocycles. The number of ether oxygens (including phenoxy) is 1. The molecular weight excluding hydrogens is 268 g/mol. The summed E-state index contributed by atoms with van der Waals surface area (Å²) in [5.41, 5.74) is 3.43. The van der Waals surface area contributed by atoms with E-state index in [1.54, 1.807) is 0 Å². The Labute approximate surface area is 123 Å². The Morgan fingerprint density at radius 2 is 2.38 bits per heavy atom. The summed E-state index contributed by atoms with van der Waals surface area (Å²) in [6.07, 6.45) is 6.03. The Morgan fingerprint density at radius 3 is 3.24 bits per heavy atom. The van der Waals surface area contributed by atoms with Crippen LogP contribution in [0.4, 0.5) is 0 Å². The van der Waals surface area contributed by atoms with E-state index in [2.05, 4.69) is 33.0 Å². The first-order valence-electron chi connectivity index (χ1n) is 7.57. The van der Waals surface area contributed by atoms with Crippen LogP contribution in [0.1, 0.15) is 35.0 Å². The van der Waals surface area contributed by atoms with Crippen molar-refractivity contribution in [2.75, 3.05) is 19.7 Å². The van der Waals surface area contributed by atoms with Crippen molar-refractivity contribution < 1.29 is 9.26 Å². The smallest absolute Gasteiger partial charge is 0.144 e. The minimum Gasteiger partial charge on any atom is -0.376 e. The normalized spacial score (nSPS) is 22.6. The van der Waals surface area contributed by atoms with Gasteiger partial charge in [0.15, 0.2) is 0 Å². The monoisotopic (exact) mass is 288 g/mol. The van der Waals surface area contributed by atoms with E-state index in [9.17, 15) is 0 Å². The first kappa shape index (κ1) is 13.0. The molecule has 0 bridgehead atoms. The van der Waals surface area contributed by atoms with E-state index >= 15 is 0 Å². The average Bonchev–Trinajstić information content (AvgIpc) is 3.20. The van der Waals surface area contributed by atoms with Crippen molar-refractivity contribution in [1.82, 2.24) is 19.8 Å². The first-order chi connectivity index (χ1) is 10.3. The Bertz CT molecular complexity index is 633. The van der Waals surface area contributed by atoms with Gasteiger partial charge in [-0.15, -0.1) is 0 Å². The molecule has 1 unspecified atom stereocenters. The van der Waals surface area contributed by atoms with Gasteiger partial charge in [-0.2, -0.15) is 5.10 Å². The molecule has 0 amide bonds. The number of aryl methyl sites for hydroxylation is 1. The Morgan fingerprint density at radius 1 is 1.43 bits per heavy atom. The van der Waals surface area contributed by atoms with Crippen molar-refractivity contribution in [3.8, 4) is 0 Å². The number of hydrogen-bond acceptors (Lipinski definition) is 5. The van der Waals surface area contributed by atoms with Crippen molar-refractivity contribution in [2.45, 2.75) is 39.0 Å². The predicted molar refractivity (Wildman–Crippen MR) is 75.8 cm³/mol. The van der Waals surface area contributed by atoms with E-state index < -0.39 is 0 Å². The molecule has 4 heterocycles. The highest BCUT2D eigenvalue weighted by Crippen LogP contribution is 2.26. The molecule has 6 nitrogen and oxygen atoms in total. The van der Waals surface area contributed by atoms with Gasteiger partial charge < -0.3 is 9.26 Å². The van der Waals surface area contributed by atoms with Gasteiger partial charge in [0.05, 0.1) is 25.5 Å². The quantitative estimate of drug-likeness (QED) is 0.860. The maximum absolute atomic E-state index is 5.52. The summed E-state index contributed by atoms with van der Waals surface area (Å²) in [4.78, 5) is 2.43. The topological polar surface area (TPSA) is 56.3 Å². The summed E-state index contributed by atoms with van der Waals surface area (Å²) in [5.74, 6) is 1.01. The van der Waals surface area contributed by atoms with Crippen molar-refractivity contribution in [2.24, 2.45) is 0 Å². The van der Waals surface area contributed by atoms with Gasteiger partial charge in [-0.05, 0) is 18.9 Å². The number of rotatable bonds is 3. The molecule has 0 aromatic carbocycles. The molecule has 112 valence electrons. The van der Waals surface area contributed by atoms with Gasteiger partial charge in [-0.25, -0.2) is 0 Å². The number of hydrogen-bond donors (Lipinski definition) is 0. The molecule has 0 radical (unpaired) electrons. The molecule has 2 aliphatic heterocycles. The van der Waals surface area contributed by atoms with Gasteiger partial charge in [0.1, 0.15) is 11.5 Å². The predicted octanol–water partition coefficient (Wildman–Crippen LogP) is 1.70. The van der Waals surface area contributed by atoms with Crippen LogP contribution in [-0.2, 0) is 24.3 Å². The third kappa shape index (κ3) is 2.49. The fourth-order valence-electron chi connectivity index (χ4n) is 3.22. The number of nitrogens with zero attached hydrogens (tertiary/aromatic N) is 4. The van der Waals surface area contributed by atoms with Gasteiger partial charge in [0.2, 0.25) is 0 Å². The van der Waals surface area contributed by atoms with Gasteiger partial charge >= 0.3 is 0 Å². The van der Waals surface area contributed by atoms with Crippen LogP contribution >= 0.6 is 0 Å². The van der Waals surface area contributed by atoms with Crippen LogP contribution < -0.4 is 0 Å². The van der Waals surface area contributed by atoms with Crippen molar-refractivity contribution >= 4 is 0 Å². The highest BCUT2D eigenvalue weighted by atomic mass is 16.5. The molecule has 2 aromatic heterocycles. The van der Waals surface area contributed by atoms with Crippen LogP contribution in [-0.4, -0.2) is 39.5 Å². The number of likely N-dealkylation sites (tertiary alicyclic amines) is 1. The van der Waals surface area contributed by atoms with Crippen LogP contribution in [0.3, 0.4) is 0 Å². The first-order valence-corrected chi connectivity index (χ1v) is 7.57. The van der Waals surface area contributed by atoms with Crippen LogP contribution in [0.25, 0.3) is 0 Å². The van der Waals surface area contributed by atoms with Gasteiger partial charge in [-0.3, -0.25) is 9.58 Å². The Balaban J connectivity index is 1.43. The number of aromatic nitrogens is 3. The zero-order valence-electron chi connectivity index (χ0n) is 12.3. The van der Waals surface area contributed by atoms with Crippen LogP contribution in [0.2, 0.25) is 0 Å². The van der Waals surface area contributed by atoms with Crippen molar-refractivity contribution in [3.63, 3.8) is 0 Å². The molecule has 0 N–H and O–H groups in total. The minimum absolute atomic E-state index is 0.470. The summed E-state index contributed by atoms with van der Waals surface area (Å²) >= 11 is 0. The zero-order chi connectivity index (χ0) is 14.2. The lowest BCUT2D eigenvalue weighted by atomic mass is 10.1. The molecule has 1 fully saturated rings. The third-order valence-electron chi connectivity index (χ3n) is 4.40. The van der Waals surface area contributed by atoms with E-state index in [-0.39, 0.29) is 0 Å². The minimum atomic E-state index is 0.470. The standard InChI is InChI=1S/C15H20N4O2/c1-11-6-16-19(7-11)12-2-4-18(8-12)9-14-13-10-20-5-3-15(13)21-17-14/h6-7,12H,2-5,8-10H2,1H3. The fourth-order valence-corrected chi connectivity index (χ4v) is 3.22. The SMILES string of the molecule is Cc1cnn(C2CCN(Cc3noc4c3COCC4)C2)c1. The fraction of sp³-hybridized carbons (Fsp3) is 0.600. The van der Waals surface area contributed by atoms with Gasteiger partial charge in [0.25, 0.3) is 0 Å². The third-order valence-corrected chi connectivity index (χ3v) is 4.40. The van der Waals surface area contributed by atoms with Crippen LogP contribution in [0, 0.1) is 6.92 Å². The van der Waals surface area contributed by atoms with E-state index in [4.69, 9.17) is 9.26 Å². The zero-order valence-corrected chi connectivity index (χ0v) is 12.3. The summed E-state index contributed by atoms with van der Waals surface area (Å²) in [6.45, 7) is 6.41. The molecule has 2 aliphatic rings. The summed E-state index contributed by atoms with van der Waals surface area (Å²) in [6, 6.07) is 0.470. The van der Waals surface area contributed by atoms with Gasteiger partial charge in [-0.1, -0.05) is 5.16 Å². The molecule has 0 saturated carbocycles. The van der Waals surface area contributed by atoms with E-state index in [1.165, 1.54) is 11.1 Å². The second kappa shape index (κ2) is 5.27.